The van der Waals surface area contributed by atoms with Crippen molar-refractivity contribution in [2.24, 2.45) is 5.73 Å². The number of aliphatic hydroxyl groups excluding tert-OH is 1. The molecule has 0 rings (SSSR count). The predicted octanol–water partition coefficient (Wildman–Crippen LogP) is -0.500. The van der Waals surface area contributed by atoms with Crippen molar-refractivity contribution in [3.63, 3.8) is 0 Å². The monoisotopic (exact) mass is 175 g/mol. The van der Waals surface area contributed by atoms with Crippen molar-refractivity contribution in [2.45, 2.75) is 20.0 Å². The zero-order chi connectivity index (χ0) is 10.3. The van der Waals surface area contributed by atoms with Crippen LogP contribution in [0.3, 0.4) is 0 Å². The molecule has 1 atom stereocenters. The van der Waals surface area contributed by atoms with Crippen LogP contribution in [0, 0.1) is 0 Å². The first kappa shape index (κ1) is 13.2. The summed E-state index contributed by atoms with van der Waals surface area (Å²) in [4.78, 5) is 19.3. The Hall–Kier alpha value is -1.36. The minimum absolute atomic E-state index is 0.398. The molecule has 0 bridgehead atoms. The molecule has 0 aromatic heterocycles. The third-order valence-corrected chi connectivity index (χ3v) is 0.778. The van der Waals surface area contributed by atoms with Gasteiger partial charge in [0.2, 0.25) is 5.91 Å². The summed E-state index contributed by atoms with van der Waals surface area (Å²) in [5.74, 6) is -1.62. The van der Waals surface area contributed by atoms with Gasteiger partial charge in [-0.1, -0.05) is 6.58 Å². The van der Waals surface area contributed by atoms with E-state index >= 15 is 0 Å². The van der Waals surface area contributed by atoms with Crippen molar-refractivity contribution in [3.05, 3.63) is 12.2 Å². The number of aliphatic hydroxyl groups is 1. The summed E-state index contributed by atoms with van der Waals surface area (Å²) in [7, 11) is 0. The Morgan fingerprint density at radius 2 is 1.67 bits per heavy atom. The maximum atomic E-state index is 9.82. The first-order valence-corrected chi connectivity index (χ1v) is 3.15. The van der Waals surface area contributed by atoms with E-state index in [9.17, 15) is 9.59 Å². The van der Waals surface area contributed by atoms with Crippen LogP contribution in [-0.2, 0) is 9.59 Å². The first-order valence-electron chi connectivity index (χ1n) is 3.15. The van der Waals surface area contributed by atoms with E-state index < -0.39 is 18.0 Å². The number of aliphatic carboxylic acids is 1. The van der Waals surface area contributed by atoms with Crippen LogP contribution in [0.5, 0.6) is 0 Å². The highest BCUT2D eigenvalue weighted by molar-refractivity contribution is 5.90. The molecule has 0 saturated carbocycles. The Kier molecular flexibility index (Phi) is 7.02. The van der Waals surface area contributed by atoms with Gasteiger partial charge >= 0.3 is 5.97 Å². The Morgan fingerprint density at radius 3 is 1.67 bits per heavy atom. The van der Waals surface area contributed by atoms with Crippen molar-refractivity contribution in [3.8, 4) is 0 Å². The number of carboxylic acid groups (broad SMARTS) is 1. The summed E-state index contributed by atoms with van der Waals surface area (Å²) in [5, 5.41) is 15.8. The summed E-state index contributed by atoms with van der Waals surface area (Å²) < 4.78 is 0. The third-order valence-electron chi connectivity index (χ3n) is 0.778. The number of hydrogen-bond donors (Lipinski definition) is 3. The van der Waals surface area contributed by atoms with Gasteiger partial charge < -0.3 is 15.9 Å². The van der Waals surface area contributed by atoms with Gasteiger partial charge in [0, 0.05) is 5.57 Å². The molecule has 0 heterocycles. The van der Waals surface area contributed by atoms with Crippen LogP contribution in [0.4, 0.5) is 0 Å². The van der Waals surface area contributed by atoms with E-state index in [4.69, 9.17) is 15.9 Å². The summed E-state index contributed by atoms with van der Waals surface area (Å²) in [6, 6.07) is 0. The normalized spacial score (nSPS) is 10.6. The Morgan fingerprint density at radius 1 is 1.50 bits per heavy atom. The molecule has 0 aromatic carbocycles. The van der Waals surface area contributed by atoms with Gasteiger partial charge in [0.25, 0.3) is 0 Å². The maximum absolute atomic E-state index is 9.82. The van der Waals surface area contributed by atoms with Gasteiger partial charge in [0.05, 0.1) is 0 Å². The molecule has 0 spiro atoms. The number of carboxylic acids is 1. The second kappa shape index (κ2) is 6.36. The summed E-state index contributed by atoms with van der Waals surface area (Å²) >= 11 is 0. The lowest BCUT2D eigenvalue weighted by atomic mass is 10.3. The summed E-state index contributed by atoms with van der Waals surface area (Å²) in [5.41, 5.74) is 5.09. The highest BCUT2D eigenvalue weighted by Crippen LogP contribution is 1.78. The van der Waals surface area contributed by atoms with E-state index in [0.717, 1.165) is 0 Å². The molecule has 5 heteroatoms. The van der Waals surface area contributed by atoms with Crippen molar-refractivity contribution in [2.75, 3.05) is 0 Å². The number of amides is 1. The molecule has 0 saturated heterocycles. The van der Waals surface area contributed by atoms with Crippen molar-refractivity contribution in [1.82, 2.24) is 0 Å². The zero-order valence-corrected chi connectivity index (χ0v) is 7.07. The molecule has 5 nitrogen and oxygen atoms in total. The molecular formula is C7H13NO4. The van der Waals surface area contributed by atoms with Crippen LogP contribution in [0.25, 0.3) is 0 Å². The zero-order valence-electron chi connectivity index (χ0n) is 7.07. The quantitative estimate of drug-likeness (QED) is 0.492. The third kappa shape index (κ3) is 11.4. The van der Waals surface area contributed by atoms with Gasteiger partial charge in [-0.3, -0.25) is 4.79 Å². The predicted molar refractivity (Wildman–Crippen MR) is 43.3 cm³/mol. The van der Waals surface area contributed by atoms with Crippen LogP contribution in [0.2, 0.25) is 0 Å². The van der Waals surface area contributed by atoms with E-state index in [1.54, 1.807) is 6.92 Å². The van der Waals surface area contributed by atoms with Gasteiger partial charge in [0.15, 0.2) is 0 Å². The lowest BCUT2D eigenvalue weighted by Gasteiger charge is -1.89. The molecular weight excluding hydrogens is 162 g/mol. The first-order chi connectivity index (χ1) is 5.29. The van der Waals surface area contributed by atoms with E-state index in [2.05, 4.69) is 6.58 Å². The fraction of sp³-hybridized carbons (Fsp3) is 0.429. The molecule has 0 aliphatic carbocycles. The molecule has 1 unspecified atom stereocenters. The molecule has 0 aliphatic heterocycles. The number of nitrogens with two attached hydrogens (primary N) is 1. The lowest BCUT2D eigenvalue weighted by molar-refractivity contribution is -0.145. The maximum Gasteiger partial charge on any atom is 0.332 e. The van der Waals surface area contributed by atoms with E-state index in [1.807, 2.05) is 0 Å². The fourth-order valence-corrected chi connectivity index (χ4v) is 0. The highest BCUT2D eigenvalue weighted by atomic mass is 16.4. The standard InChI is InChI=1S/C4H7NO.C3H6O3/c1-3(2)4(5)6;1-2(4)3(5)6/h1H2,2H3,(H2,5,6);2,4H,1H3,(H,5,6). The molecule has 1 amide bonds. The van der Waals surface area contributed by atoms with Gasteiger partial charge in [-0.25, -0.2) is 4.79 Å². The largest absolute Gasteiger partial charge is 0.479 e. The van der Waals surface area contributed by atoms with Crippen LogP contribution in [0.1, 0.15) is 13.8 Å². The Balaban J connectivity index is 0. The second-order valence-corrected chi connectivity index (χ2v) is 2.16. The molecule has 12 heavy (non-hydrogen) atoms. The Labute approximate surface area is 70.5 Å². The highest BCUT2D eigenvalue weighted by Gasteiger charge is 2.01. The summed E-state index contributed by atoms with van der Waals surface area (Å²) in [6.45, 7) is 6.05. The molecule has 0 radical (unpaired) electrons. The van der Waals surface area contributed by atoms with E-state index in [1.165, 1.54) is 6.92 Å². The average Bonchev–Trinajstić information content (AvgIpc) is 1.88. The van der Waals surface area contributed by atoms with E-state index in [-0.39, 0.29) is 0 Å². The number of carbonyl (C=O) groups excluding carboxylic acids is 1. The smallest absolute Gasteiger partial charge is 0.332 e. The van der Waals surface area contributed by atoms with Crippen molar-refractivity contribution in [1.29, 1.82) is 0 Å². The SMILES string of the molecule is C=C(C)C(N)=O.CC(O)C(=O)O. The van der Waals surface area contributed by atoms with Crippen molar-refractivity contribution >= 4 is 11.9 Å². The topological polar surface area (TPSA) is 101 Å². The minimum atomic E-state index is -1.23. The van der Waals surface area contributed by atoms with Crippen molar-refractivity contribution < 1.29 is 19.8 Å². The van der Waals surface area contributed by atoms with Gasteiger partial charge in [0.1, 0.15) is 6.10 Å². The fourth-order valence-electron chi connectivity index (χ4n) is 0. The van der Waals surface area contributed by atoms with Gasteiger partial charge in [-0.15, -0.1) is 0 Å². The molecule has 0 fully saturated rings. The Bertz CT molecular complexity index is 174. The van der Waals surface area contributed by atoms with Crippen LogP contribution in [-0.4, -0.2) is 28.2 Å². The van der Waals surface area contributed by atoms with Crippen LogP contribution < -0.4 is 5.73 Å². The average molecular weight is 175 g/mol. The molecule has 0 aliphatic rings. The van der Waals surface area contributed by atoms with Crippen LogP contribution >= 0.6 is 0 Å². The van der Waals surface area contributed by atoms with Crippen LogP contribution in [0.15, 0.2) is 12.2 Å². The molecule has 70 valence electrons. The van der Waals surface area contributed by atoms with E-state index in [0.29, 0.717) is 5.57 Å². The molecule has 4 N–H and O–H groups in total. The number of hydrogen-bond acceptors (Lipinski definition) is 3. The summed E-state index contributed by atoms with van der Waals surface area (Å²) in [6.07, 6.45) is -1.23. The minimum Gasteiger partial charge on any atom is -0.479 e. The lowest BCUT2D eigenvalue weighted by Crippen LogP contribution is -2.13. The number of carbonyl (C=O) groups is 2. The number of primary amides is 1. The second-order valence-electron chi connectivity index (χ2n) is 2.16. The van der Waals surface area contributed by atoms with Gasteiger partial charge in [-0.2, -0.15) is 0 Å². The van der Waals surface area contributed by atoms with Gasteiger partial charge in [-0.05, 0) is 13.8 Å². The number of rotatable bonds is 2. The molecule has 0 aromatic rings.